The van der Waals surface area contributed by atoms with Gasteiger partial charge in [-0.2, -0.15) is 11.8 Å². The van der Waals surface area contributed by atoms with Crippen molar-refractivity contribution in [2.24, 2.45) is 0 Å². The lowest BCUT2D eigenvalue weighted by atomic mass is 10.1. The van der Waals surface area contributed by atoms with E-state index in [4.69, 9.17) is 5.11 Å². The minimum atomic E-state index is -3.06. The molecule has 0 saturated heterocycles. The van der Waals surface area contributed by atoms with E-state index in [0.29, 0.717) is 13.0 Å². The maximum atomic E-state index is 11.5. The van der Waals surface area contributed by atoms with E-state index in [1.807, 2.05) is 6.26 Å². The molecule has 0 amide bonds. The van der Waals surface area contributed by atoms with Crippen molar-refractivity contribution in [1.82, 2.24) is 5.32 Å². The molecule has 0 saturated carbocycles. The van der Waals surface area contributed by atoms with Crippen LogP contribution in [-0.4, -0.2) is 55.7 Å². The average molecular weight is 269 g/mol. The van der Waals surface area contributed by atoms with E-state index < -0.39 is 14.6 Å². The molecule has 0 bridgehead atoms. The van der Waals surface area contributed by atoms with Gasteiger partial charge in [0.2, 0.25) is 0 Å². The highest BCUT2D eigenvalue weighted by Gasteiger charge is 2.30. The Balaban J connectivity index is 4.29. The van der Waals surface area contributed by atoms with Crippen molar-refractivity contribution in [3.8, 4) is 0 Å². The SMILES string of the molecule is CSCC(CCO)NCC(C)(C)S(C)(=O)=O. The Morgan fingerprint density at radius 2 is 2.00 bits per heavy atom. The second-order valence-corrected chi connectivity index (χ2v) is 8.14. The molecule has 98 valence electrons. The summed E-state index contributed by atoms with van der Waals surface area (Å²) in [5.74, 6) is 0.875. The molecule has 1 atom stereocenters. The highest BCUT2D eigenvalue weighted by Crippen LogP contribution is 2.14. The van der Waals surface area contributed by atoms with Gasteiger partial charge in [0.25, 0.3) is 0 Å². The van der Waals surface area contributed by atoms with E-state index in [2.05, 4.69) is 5.32 Å². The lowest BCUT2D eigenvalue weighted by molar-refractivity contribution is 0.269. The van der Waals surface area contributed by atoms with Crippen molar-refractivity contribution in [3.05, 3.63) is 0 Å². The van der Waals surface area contributed by atoms with Gasteiger partial charge in [-0.25, -0.2) is 8.42 Å². The molecule has 0 aromatic carbocycles. The Hall–Kier alpha value is 0.220. The number of nitrogens with one attached hydrogen (secondary N) is 1. The van der Waals surface area contributed by atoms with Crippen molar-refractivity contribution >= 4 is 21.6 Å². The number of aliphatic hydroxyl groups is 1. The lowest BCUT2D eigenvalue weighted by Crippen LogP contribution is -2.46. The molecule has 6 heteroatoms. The fourth-order valence-electron chi connectivity index (χ4n) is 1.12. The molecule has 16 heavy (non-hydrogen) atoms. The molecule has 0 aliphatic rings. The summed E-state index contributed by atoms with van der Waals surface area (Å²) in [4.78, 5) is 0. The minimum absolute atomic E-state index is 0.123. The molecule has 0 rings (SSSR count). The largest absolute Gasteiger partial charge is 0.396 e. The van der Waals surface area contributed by atoms with Gasteiger partial charge in [0.05, 0.1) is 4.75 Å². The number of hydrogen-bond donors (Lipinski definition) is 2. The number of rotatable bonds is 8. The average Bonchev–Trinajstić information content (AvgIpc) is 2.13. The maximum absolute atomic E-state index is 11.5. The first kappa shape index (κ1) is 16.2. The van der Waals surface area contributed by atoms with Gasteiger partial charge >= 0.3 is 0 Å². The second kappa shape index (κ2) is 6.83. The van der Waals surface area contributed by atoms with Gasteiger partial charge in [-0.15, -0.1) is 0 Å². The quantitative estimate of drug-likeness (QED) is 0.672. The Morgan fingerprint density at radius 1 is 1.44 bits per heavy atom. The Morgan fingerprint density at radius 3 is 2.38 bits per heavy atom. The van der Waals surface area contributed by atoms with Crippen LogP contribution in [0, 0.1) is 0 Å². The topological polar surface area (TPSA) is 66.4 Å². The van der Waals surface area contributed by atoms with Gasteiger partial charge in [0, 0.05) is 31.2 Å². The first-order valence-electron chi connectivity index (χ1n) is 5.27. The summed E-state index contributed by atoms with van der Waals surface area (Å²) in [6, 6.07) is 0.168. The zero-order valence-electron chi connectivity index (χ0n) is 10.5. The van der Waals surface area contributed by atoms with E-state index in [0.717, 1.165) is 5.75 Å². The van der Waals surface area contributed by atoms with Crippen molar-refractivity contribution in [2.45, 2.75) is 31.1 Å². The van der Waals surface area contributed by atoms with Crippen LogP contribution in [0.3, 0.4) is 0 Å². The van der Waals surface area contributed by atoms with Crippen LogP contribution in [0.2, 0.25) is 0 Å². The van der Waals surface area contributed by atoms with Gasteiger partial charge < -0.3 is 10.4 Å². The number of aliphatic hydroxyl groups excluding tert-OH is 1. The molecular formula is C10H23NO3S2. The van der Waals surface area contributed by atoms with E-state index in [9.17, 15) is 8.42 Å². The Kier molecular flexibility index (Phi) is 6.93. The van der Waals surface area contributed by atoms with Crippen molar-refractivity contribution in [2.75, 3.05) is 31.4 Å². The first-order chi connectivity index (χ1) is 7.24. The van der Waals surface area contributed by atoms with E-state index in [1.165, 1.54) is 6.26 Å². The van der Waals surface area contributed by atoms with Crippen LogP contribution >= 0.6 is 11.8 Å². The standard InChI is InChI=1S/C10H23NO3S2/c1-10(2,16(4,13)14)8-11-9(5-6-12)7-15-3/h9,11-12H,5-8H2,1-4H3. The van der Waals surface area contributed by atoms with Crippen LogP contribution in [0.1, 0.15) is 20.3 Å². The summed E-state index contributed by atoms with van der Waals surface area (Å²) < 4.78 is 22.2. The summed E-state index contributed by atoms with van der Waals surface area (Å²) in [6.07, 6.45) is 3.90. The lowest BCUT2D eigenvalue weighted by Gasteiger charge is -2.26. The normalized spacial score (nSPS) is 15.1. The van der Waals surface area contributed by atoms with Crippen LogP contribution in [-0.2, 0) is 9.84 Å². The molecule has 0 radical (unpaired) electrons. The fourth-order valence-corrected chi connectivity index (χ4v) is 2.15. The fraction of sp³-hybridized carbons (Fsp3) is 1.00. The monoisotopic (exact) mass is 269 g/mol. The summed E-state index contributed by atoms with van der Waals surface area (Å²) in [7, 11) is -3.06. The van der Waals surface area contributed by atoms with E-state index in [1.54, 1.807) is 25.6 Å². The molecule has 0 aromatic rings. The summed E-state index contributed by atoms with van der Waals surface area (Å²) >= 11 is 1.68. The zero-order valence-corrected chi connectivity index (χ0v) is 12.1. The summed E-state index contributed by atoms with van der Waals surface area (Å²) in [6.45, 7) is 3.96. The predicted octanol–water partition coefficient (Wildman–Crippen LogP) is 0.513. The highest BCUT2D eigenvalue weighted by molar-refractivity contribution is 7.98. The van der Waals surface area contributed by atoms with Crippen LogP contribution in [0.5, 0.6) is 0 Å². The van der Waals surface area contributed by atoms with Crippen LogP contribution < -0.4 is 5.32 Å². The molecule has 0 spiro atoms. The van der Waals surface area contributed by atoms with Crippen molar-refractivity contribution in [1.29, 1.82) is 0 Å². The first-order valence-corrected chi connectivity index (χ1v) is 8.56. The molecule has 0 aliphatic carbocycles. The molecule has 4 nitrogen and oxygen atoms in total. The van der Waals surface area contributed by atoms with Gasteiger partial charge in [-0.3, -0.25) is 0 Å². The van der Waals surface area contributed by atoms with E-state index >= 15 is 0 Å². The van der Waals surface area contributed by atoms with E-state index in [-0.39, 0.29) is 12.6 Å². The number of thioether (sulfide) groups is 1. The van der Waals surface area contributed by atoms with Crippen LogP contribution in [0.15, 0.2) is 0 Å². The Bertz CT molecular complexity index is 282. The molecule has 0 heterocycles. The van der Waals surface area contributed by atoms with Crippen molar-refractivity contribution in [3.63, 3.8) is 0 Å². The molecule has 0 aliphatic heterocycles. The van der Waals surface area contributed by atoms with Gasteiger partial charge in [0.1, 0.15) is 0 Å². The van der Waals surface area contributed by atoms with Crippen molar-refractivity contribution < 1.29 is 13.5 Å². The molecule has 1 unspecified atom stereocenters. The van der Waals surface area contributed by atoms with Crippen LogP contribution in [0.25, 0.3) is 0 Å². The summed E-state index contributed by atoms with van der Waals surface area (Å²) in [5.41, 5.74) is 0. The molecule has 2 N–H and O–H groups in total. The third kappa shape index (κ3) is 5.52. The number of hydrogen-bond acceptors (Lipinski definition) is 5. The van der Waals surface area contributed by atoms with Crippen LogP contribution in [0.4, 0.5) is 0 Å². The van der Waals surface area contributed by atoms with Gasteiger partial charge in [0.15, 0.2) is 9.84 Å². The van der Waals surface area contributed by atoms with Gasteiger partial charge in [-0.05, 0) is 26.5 Å². The maximum Gasteiger partial charge on any atom is 0.153 e. The smallest absolute Gasteiger partial charge is 0.153 e. The second-order valence-electron chi connectivity index (χ2n) is 4.58. The molecule has 0 fully saturated rings. The number of sulfone groups is 1. The summed E-state index contributed by atoms with van der Waals surface area (Å²) in [5, 5.41) is 12.1. The highest BCUT2D eigenvalue weighted by atomic mass is 32.2. The third-order valence-corrected chi connectivity index (χ3v) is 5.55. The Labute approximate surface area is 103 Å². The zero-order chi connectivity index (χ0) is 12.8. The minimum Gasteiger partial charge on any atom is -0.396 e. The molecule has 0 aromatic heterocycles. The predicted molar refractivity (Wildman–Crippen MR) is 70.8 cm³/mol. The molecular weight excluding hydrogens is 246 g/mol. The third-order valence-electron chi connectivity index (χ3n) is 2.67. The van der Waals surface area contributed by atoms with Gasteiger partial charge in [-0.1, -0.05) is 0 Å².